The van der Waals surface area contributed by atoms with E-state index in [2.05, 4.69) is 9.89 Å². The van der Waals surface area contributed by atoms with Crippen molar-refractivity contribution in [2.75, 3.05) is 26.8 Å². The molecule has 0 bridgehead atoms. The molecule has 0 radical (unpaired) electrons. The highest BCUT2D eigenvalue weighted by Gasteiger charge is 2.39. The number of rotatable bonds is 0. The number of hydrogen-bond donors (Lipinski definition) is 1. The van der Waals surface area contributed by atoms with Crippen LogP contribution < -0.4 is 5.73 Å². The number of guanidine groups is 1. The minimum atomic E-state index is 0.494. The van der Waals surface area contributed by atoms with Crippen molar-refractivity contribution in [3.8, 4) is 0 Å². The molecule has 0 aromatic carbocycles. The van der Waals surface area contributed by atoms with Gasteiger partial charge in [-0.3, -0.25) is 4.99 Å². The molecule has 2 saturated heterocycles. The van der Waals surface area contributed by atoms with Gasteiger partial charge in [-0.25, -0.2) is 0 Å². The second-order valence-corrected chi connectivity index (χ2v) is 3.43. The van der Waals surface area contributed by atoms with E-state index in [1.165, 1.54) is 6.42 Å². The van der Waals surface area contributed by atoms with Gasteiger partial charge in [-0.05, 0) is 6.42 Å². The molecule has 2 aliphatic rings. The standard InChI is InChI=1S/C8H15N3O/c1-10-8(9)11-3-2-6-4-12-5-7(6)11/h6-7H,2-5H2,1H3,(H2,9,10)/t6-,7+/m1/s1. The Kier molecular flexibility index (Phi) is 1.92. The summed E-state index contributed by atoms with van der Waals surface area (Å²) in [5.74, 6) is 1.35. The molecule has 2 aliphatic heterocycles. The van der Waals surface area contributed by atoms with Gasteiger partial charge in [0.15, 0.2) is 5.96 Å². The third-order valence-corrected chi connectivity index (χ3v) is 2.83. The number of ether oxygens (including phenoxy) is 1. The van der Waals surface area contributed by atoms with E-state index in [-0.39, 0.29) is 0 Å². The maximum atomic E-state index is 5.75. The van der Waals surface area contributed by atoms with E-state index in [0.717, 1.165) is 19.8 Å². The van der Waals surface area contributed by atoms with Gasteiger partial charge in [0.2, 0.25) is 0 Å². The summed E-state index contributed by atoms with van der Waals surface area (Å²) < 4.78 is 5.38. The Morgan fingerprint density at radius 1 is 1.58 bits per heavy atom. The van der Waals surface area contributed by atoms with Crippen molar-refractivity contribution in [1.82, 2.24) is 4.90 Å². The zero-order chi connectivity index (χ0) is 8.55. The zero-order valence-corrected chi connectivity index (χ0v) is 7.36. The first-order valence-electron chi connectivity index (χ1n) is 4.39. The van der Waals surface area contributed by atoms with Crippen LogP contribution in [0.2, 0.25) is 0 Å². The van der Waals surface area contributed by atoms with Crippen LogP contribution in [0.3, 0.4) is 0 Å². The Balaban J connectivity index is 2.09. The van der Waals surface area contributed by atoms with Crippen LogP contribution in [0, 0.1) is 5.92 Å². The maximum Gasteiger partial charge on any atom is 0.191 e. The summed E-state index contributed by atoms with van der Waals surface area (Å²) in [6.07, 6.45) is 1.20. The molecule has 68 valence electrons. The molecule has 0 saturated carbocycles. The first-order chi connectivity index (χ1) is 5.83. The van der Waals surface area contributed by atoms with Crippen molar-refractivity contribution < 1.29 is 4.74 Å². The lowest BCUT2D eigenvalue weighted by atomic mass is 10.1. The molecule has 0 unspecified atom stereocenters. The van der Waals surface area contributed by atoms with Crippen molar-refractivity contribution in [2.45, 2.75) is 12.5 Å². The normalized spacial score (nSPS) is 35.8. The van der Waals surface area contributed by atoms with Gasteiger partial charge in [0.25, 0.3) is 0 Å². The summed E-state index contributed by atoms with van der Waals surface area (Å²) in [5, 5.41) is 0. The summed E-state index contributed by atoms with van der Waals surface area (Å²) in [5.41, 5.74) is 5.75. The first-order valence-corrected chi connectivity index (χ1v) is 4.39. The zero-order valence-electron chi connectivity index (χ0n) is 7.36. The average Bonchev–Trinajstić information content (AvgIpc) is 2.62. The fourth-order valence-electron chi connectivity index (χ4n) is 2.09. The SMILES string of the molecule is C/N=C(\N)N1CC[C@@H]2COC[C@@H]21. The fraction of sp³-hybridized carbons (Fsp3) is 0.875. The highest BCUT2D eigenvalue weighted by Crippen LogP contribution is 2.29. The molecule has 0 aliphatic carbocycles. The number of nitrogens with two attached hydrogens (primary N) is 1. The summed E-state index contributed by atoms with van der Waals surface area (Å²) in [6, 6.07) is 0.494. The van der Waals surface area contributed by atoms with Crippen molar-refractivity contribution >= 4 is 5.96 Å². The molecule has 4 nitrogen and oxygen atoms in total. The van der Waals surface area contributed by atoms with E-state index in [0.29, 0.717) is 17.9 Å². The van der Waals surface area contributed by atoms with Crippen LogP contribution in [0.5, 0.6) is 0 Å². The van der Waals surface area contributed by atoms with E-state index in [4.69, 9.17) is 10.5 Å². The number of fused-ring (bicyclic) bond motifs is 1. The molecular formula is C8H15N3O. The van der Waals surface area contributed by atoms with E-state index < -0.39 is 0 Å². The lowest BCUT2D eigenvalue weighted by Gasteiger charge is -2.23. The second kappa shape index (κ2) is 2.94. The van der Waals surface area contributed by atoms with Gasteiger partial charge in [0.1, 0.15) is 0 Å². The van der Waals surface area contributed by atoms with Gasteiger partial charge in [-0.2, -0.15) is 0 Å². The molecule has 12 heavy (non-hydrogen) atoms. The minimum absolute atomic E-state index is 0.494. The maximum absolute atomic E-state index is 5.75. The number of hydrogen-bond acceptors (Lipinski definition) is 2. The molecule has 0 aromatic rings. The van der Waals surface area contributed by atoms with Crippen molar-refractivity contribution in [1.29, 1.82) is 0 Å². The van der Waals surface area contributed by atoms with Gasteiger partial charge < -0.3 is 15.4 Å². The predicted molar refractivity (Wildman–Crippen MR) is 47.0 cm³/mol. The van der Waals surface area contributed by atoms with E-state index >= 15 is 0 Å². The average molecular weight is 169 g/mol. The van der Waals surface area contributed by atoms with Gasteiger partial charge in [-0.15, -0.1) is 0 Å². The van der Waals surface area contributed by atoms with Crippen LogP contribution in [0.1, 0.15) is 6.42 Å². The molecule has 0 amide bonds. The highest BCUT2D eigenvalue weighted by atomic mass is 16.5. The lowest BCUT2D eigenvalue weighted by molar-refractivity contribution is 0.165. The van der Waals surface area contributed by atoms with Gasteiger partial charge in [-0.1, -0.05) is 0 Å². The summed E-state index contributed by atoms with van der Waals surface area (Å²) in [6.45, 7) is 2.76. The predicted octanol–water partition coefficient (Wildman–Crippen LogP) is -0.348. The largest absolute Gasteiger partial charge is 0.379 e. The quantitative estimate of drug-likeness (QED) is 0.398. The summed E-state index contributed by atoms with van der Waals surface area (Å²) in [4.78, 5) is 6.16. The first kappa shape index (κ1) is 7.86. The van der Waals surface area contributed by atoms with E-state index in [1.54, 1.807) is 7.05 Å². The summed E-state index contributed by atoms with van der Waals surface area (Å²) in [7, 11) is 1.73. The Morgan fingerprint density at radius 3 is 3.17 bits per heavy atom. The number of likely N-dealkylation sites (tertiary alicyclic amines) is 1. The van der Waals surface area contributed by atoms with Crippen molar-refractivity contribution in [2.24, 2.45) is 16.6 Å². The van der Waals surface area contributed by atoms with Gasteiger partial charge >= 0.3 is 0 Å². The Bertz CT molecular complexity index is 204. The topological polar surface area (TPSA) is 50.8 Å². The van der Waals surface area contributed by atoms with Crippen molar-refractivity contribution in [3.05, 3.63) is 0 Å². The molecule has 2 N–H and O–H groups in total. The number of aliphatic imine (C=N–C) groups is 1. The lowest BCUT2D eigenvalue weighted by Crippen LogP contribution is -2.42. The van der Waals surface area contributed by atoms with Crippen molar-refractivity contribution in [3.63, 3.8) is 0 Å². The Morgan fingerprint density at radius 2 is 2.42 bits per heavy atom. The molecule has 2 atom stereocenters. The smallest absolute Gasteiger partial charge is 0.191 e. The molecule has 0 aromatic heterocycles. The van der Waals surface area contributed by atoms with E-state index in [1.807, 2.05) is 0 Å². The van der Waals surface area contributed by atoms with E-state index in [9.17, 15) is 0 Å². The molecule has 4 heteroatoms. The second-order valence-electron chi connectivity index (χ2n) is 3.43. The molecule has 2 heterocycles. The minimum Gasteiger partial charge on any atom is -0.379 e. The van der Waals surface area contributed by atoms with Gasteiger partial charge in [0, 0.05) is 19.5 Å². The molecule has 2 rings (SSSR count). The monoisotopic (exact) mass is 169 g/mol. The Hall–Kier alpha value is -0.770. The highest BCUT2D eigenvalue weighted by molar-refractivity contribution is 5.78. The van der Waals surface area contributed by atoms with Crippen LogP contribution in [0.15, 0.2) is 4.99 Å². The van der Waals surface area contributed by atoms with Crippen LogP contribution in [0.4, 0.5) is 0 Å². The van der Waals surface area contributed by atoms with Crippen LogP contribution >= 0.6 is 0 Å². The fourth-order valence-corrected chi connectivity index (χ4v) is 2.09. The third-order valence-electron chi connectivity index (χ3n) is 2.83. The summed E-state index contributed by atoms with van der Waals surface area (Å²) >= 11 is 0. The Labute approximate surface area is 72.4 Å². The molecular weight excluding hydrogens is 154 g/mol. The third kappa shape index (κ3) is 1.06. The number of nitrogens with zero attached hydrogens (tertiary/aromatic N) is 2. The molecule has 0 spiro atoms. The van der Waals surface area contributed by atoms with Gasteiger partial charge in [0.05, 0.1) is 19.3 Å². The molecule has 2 fully saturated rings. The van der Waals surface area contributed by atoms with Crippen LogP contribution in [-0.2, 0) is 4.74 Å². The van der Waals surface area contributed by atoms with Crippen LogP contribution in [-0.4, -0.2) is 43.7 Å². The van der Waals surface area contributed by atoms with Crippen LogP contribution in [0.25, 0.3) is 0 Å².